The molecule has 0 saturated carbocycles. The molecule has 0 spiro atoms. The van der Waals surface area contributed by atoms with E-state index in [1.165, 1.54) is 30.9 Å². The van der Waals surface area contributed by atoms with E-state index in [0.29, 0.717) is 24.8 Å². The van der Waals surface area contributed by atoms with E-state index >= 15 is 0 Å². The van der Waals surface area contributed by atoms with Crippen LogP contribution in [0.15, 0.2) is 54.6 Å². The van der Waals surface area contributed by atoms with Gasteiger partial charge in [-0.1, -0.05) is 56.3 Å². The lowest BCUT2D eigenvalue weighted by atomic mass is 9.86. The number of piperidine rings is 1. The van der Waals surface area contributed by atoms with Crippen LogP contribution in [0.25, 0.3) is 0 Å². The van der Waals surface area contributed by atoms with Crippen LogP contribution >= 0.6 is 0 Å². The first-order chi connectivity index (χ1) is 15.5. The molecule has 0 N–H and O–H groups in total. The highest BCUT2D eigenvalue weighted by Gasteiger charge is 2.37. The predicted molar refractivity (Wildman–Crippen MR) is 128 cm³/mol. The zero-order valence-corrected chi connectivity index (χ0v) is 19.6. The normalized spacial score (nSPS) is 22.6. The Morgan fingerprint density at radius 2 is 1.78 bits per heavy atom. The Morgan fingerprint density at radius 1 is 1.03 bits per heavy atom. The van der Waals surface area contributed by atoms with Crippen molar-refractivity contribution in [2.75, 3.05) is 32.7 Å². The maximum absolute atomic E-state index is 14.0. The number of amides is 1. The van der Waals surface area contributed by atoms with E-state index in [9.17, 15) is 9.18 Å². The molecule has 2 fully saturated rings. The van der Waals surface area contributed by atoms with Gasteiger partial charge in [-0.3, -0.25) is 4.79 Å². The molecule has 2 heterocycles. The fourth-order valence-electron chi connectivity index (χ4n) is 5.51. The Hall–Kier alpha value is -2.20. The summed E-state index contributed by atoms with van der Waals surface area (Å²) in [5.41, 5.74) is 2.47. The molecule has 4 rings (SSSR count). The highest BCUT2D eigenvalue weighted by Crippen LogP contribution is 2.35. The van der Waals surface area contributed by atoms with Crippen molar-refractivity contribution in [3.8, 4) is 0 Å². The maximum atomic E-state index is 14.0. The molecule has 0 radical (unpaired) electrons. The largest absolute Gasteiger partial charge is 0.342 e. The topological polar surface area (TPSA) is 23.6 Å². The molecule has 0 bridgehead atoms. The van der Waals surface area contributed by atoms with Crippen molar-refractivity contribution >= 4 is 5.91 Å². The summed E-state index contributed by atoms with van der Waals surface area (Å²) >= 11 is 0. The van der Waals surface area contributed by atoms with Gasteiger partial charge in [-0.05, 0) is 73.4 Å². The van der Waals surface area contributed by atoms with E-state index in [2.05, 4.69) is 49.1 Å². The molecule has 32 heavy (non-hydrogen) atoms. The second-order valence-electron chi connectivity index (χ2n) is 10.3. The quantitative estimate of drug-likeness (QED) is 0.583. The van der Waals surface area contributed by atoms with Crippen LogP contribution in [0.3, 0.4) is 0 Å². The molecule has 2 aromatic carbocycles. The average molecular weight is 437 g/mol. The van der Waals surface area contributed by atoms with Crippen molar-refractivity contribution in [2.45, 2.75) is 45.4 Å². The number of carbonyl (C=O) groups is 1. The molecule has 0 aliphatic carbocycles. The van der Waals surface area contributed by atoms with Gasteiger partial charge in [0.2, 0.25) is 5.91 Å². The van der Waals surface area contributed by atoms with Crippen LogP contribution in [0, 0.1) is 23.6 Å². The summed E-state index contributed by atoms with van der Waals surface area (Å²) in [7, 11) is 0. The lowest BCUT2D eigenvalue weighted by Gasteiger charge is -2.34. The van der Waals surface area contributed by atoms with Crippen molar-refractivity contribution in [3.05, 3.63) is 71.5 Å². The molecule has 2 aliphatic heterocycles. The molecule has 2 saturated heterocycles. The molecular weight excluding hydrogens is 399 g/mol. The van der Waals surface area contributed by atoms with E-state index in [0.717, 1.165) is 37.7 Å². The van der Waals surface area contributed by atoms with Gasteiger partial charge in [-0.25, -0.2) is 4.39 Å². The number of nitrogens with zero attached hydrogens (tertiary/aromatic N) is 2. The highest BCUT2D eigenvalue weighted by molar-refractivity contribution is 5.76. The Balaban J connectivity index is 1.38. The smallest absolute Gasteiger partial charge is 0.222 e. The van der Waals surface area contributed by atoms with Crippen LogP contribution in [-0.2, 0) is 11.2 Å². The third-order valence-electron chi connectivity index (χ3n) is 7.22. The van der Waals surface area contributed by atoms with Gasteiger partial charge in [-0.2, -0.15) is 0 Å². The molecule has 2 aromatic rings. The first kappa shape index (κ1) is 23.0. The molecule has 1 amide bonds. The van der Waals surface area contributed by atoms with E-state index in [1.807, 2.05) is 11.0 Å². The second kappa shape index (κ2) is 10.6. The van der Waals surface area contributed by atoms with Crippen LogP contribution in [0.5, 0.6) is 0 Å². The van der Waals surface area contributed by atoms with E-state index in [4.69, 9.17) is 0 Å². The fourth-order valence-corrected chi connectivity index (χ4v) is 5.51. The van der Waals surface area contributed by atoms with Gasteiger partial charge in [0.25, 0.3) is 0 Å². The summed E-state index contributed by atoms with van der Waals surface area (Å²) < 4.78 is 14.0. The van der Waals surface area contributed by atoms with Crippen LogP contribution in [0.2, 0.25) is 0 Å². The number of hydrogen-bond donors (Lipinski definition) is 0. The van der Waals surface area contributed by atoms with E-state index < -0.39 is 0 Å². The molecule has 2 unspecified atom stereocenters. The third kappa shape index (κ3) is 5.98. The number of carbonyl (C=O) groups excluding carboxylic acids is 1. The second-order valence-corrected chi connectivity index (χ2v) is 10.3. The van der Waals surface area contributed by atoms with Crippen LogP contribution in [-0.4, -0.2) is 48.4 Å². The number of benzene rings is 2. The van der Waals surface area contributed by atoms with Crippen molar-refractivity contribution in [1.29, 1.82) is 0 Å². The lowest BCUT2D eigenvalue weighted by Crippen LogP contribution is -2.39. The molecular formula is C28H37FN2O. The minimum Gasteiger partial charge on any atom is -0.342 e. The van der Waals surface area contributed by atoms with Crippen LogP contribution in [0.4, 0.5) is 4.39 Å². The van der Waals surface area contributed by atoms with E-state index in [1.54, 1.807) is 12.1 Å². The Labute approximate surface area is 192 Å². The average Bonchev–Trinajstić information content (AvgIpc) is 3.19. The lowest BCUT2D eigenvalue weighted by molar-refractivity contribution is -0.131. The van der Waals surface area contributed by atoms with Gasteiger partial charge < -0.3 is 9.80 Å². The molecule has 4 heteroatoms. The molecule has 0 aromatic heterocycles. The summed E-state index contributed by atoms with van der Waals surface area (Å²) in [5, 5.41) is 0. The van der Waals surface area contributed by atoms with Crippen molar-refractivity contribution in [2.24, 2.45) is 17.8 Å². The van der Waals surface area contributed by atoms with Crippen molar-refractivity contribution < 1.29 is 9.18 Å². The third-order valence-corrected chi connectivity index (χ3v) is 7.22. The van der Waals surface area contributed by atoms with Gasteiger partial charge in [0.15, 0.2) is 0 Å². The van der Waals surface area contributed by atoms with Gasteiger partial charge in [-0.15, -0.1) is 0 Å². The van der Waals surface area contributed by atoms with Gasteiger partial charge in [0.1, 0.15) is 5.82 Å². The number of rotatable bonds is 7. The standard InChI is InChI=1S/C28H37FN2O/c1-21(2)15-28(32)31-19-25(27(20-31)24-9-6-10-26(29)17-24)18-30-13-11-23(12-14-30)16-22-7-4-3-5-8-22/h3-10,17,21,23,25,27H,11-16,18-20H2,1-2H3. The number of hydrogen-bond acceptors (Lipinski definition) is 2. The fraction of sp³-hybridized carbons (Fsp3) is 0.536. The first-order valence-electron chi connectivity index (χ1n) is 12.3. The summed E-state index contributed by atoms with van der Waals surface area (Å²) in [6.45, 7) is 8.91. The highest BCUT2D eigenvalue weighted by atomic mass is 19.1. The Kier molecular flexibility index (Phi) is 7.62. The summed E-state index contributed by atoms with van der Waals surface area (Å²) in [4.78, 5) is 17.4. The monoisotopic (exact) mass is 436 g/mol. The maximum Gasteiger partial charge on any atom is 0.222 e. The van der Waals surface area contributed by atoms with Crippen molar-refractivity contribution in [1.82, 2.24) is 9.80 Å². The zero-order chi connectivity index (χ0) is 22.5. The van der Waals surface area contributed by atoms with Gasteiger partial charge in [0, 0.05) is 32.0 Å². The van der Waals surface area contributed by atoms with Gasteiger partial charge >= 0.3 is 0 Å². The summed E-state index contributed by atoms with van der Waals surface area (Å²) in [6, 6.07) is 17.8. The minimum absolute atomic E-state index is 0.185. The zero-order valence-electron chi connectivity index (χ0n) is 19.6. The molecule has 2 atom stereocenters. The Bertz CT molecular complexity index is 876. The van der Waals surface area contributed by atoms with Crippen LogP contribution in [0.1, 0.15) is 50.2 Å². The Morgan fingerprint density at radius 3 is 2.47 bits per heavy atom. The van der Waals surface area contributed by atoms with Crippen LogP contribution < -0.4 is 0 Å². The predicted octanol–water partition coefficient (Wildman–Crippen LogP) is 5.37. The summed E-state index contributed by atoms with van der Waals surface area (Å²) in [6.07, 6.45) is 4.21. The number of likely N-dealkylation sites (tertiary alicyclic amines) is 2. The number of halogens is 1. The SMILES string of the molecule is CC(C)CC(=O)N1CC(CN2CCC(Cc3ccccc3)CC2)C(c2cccc(F)c2)C1. The minimum atomic E-state index is -0.185. The molecule has 172 valence electrons. The van der Waals surface area contributed by atoms with Gasteiger partial charge in [0.05, 0.1) is 0 Å². The molecule has 3 nitrogen and oxygen atoms in total. The molecule has 2 aliphatic rings. The first-order valence-corrected chi connectivity index (χ1v) is 12.3. The van der Waals surface area contributed by atoms with Crippen molar-refractivity contribution in [3.63, 3.8) is 0 Å². The summed E-state index contributed by atoms with van der Waals surface area (Å²) in [5.74, 6) is 1.74. The van der Waals surface area contributed by atoms with E-state index in [-0.39, 0.29) is 17.6 Å².